The van der Waals surface area contributed by atoms with E-state index in [1.807, 2.05) is 0 Å². The first-order valence-corrected chi connectivity index (χ1v) is 13.7. The van der Waals surface area contributed by atoms with Gasteiger partial charge >= 0.3 is 0 Å². The van der Waals surface area contributed by atoms with Crippen molar-refractivity contribution in [3.63, 3.8) is 0 Å². The summed E-state index contributed by atoms with van der Waals surface area (Å²) >= 11 is 0. The number of aliphatic hydroxyl groups excluding tert-OH is 1. The summed E-state index contributed by atoms with van der Waals surface area (Å²) < 4.78 is 0. The molecule has 0 heterocycles. The zero-order chi connectivity index (χ0) is 21.3. The molecule has 0 aromatic rings. The molecule has 4 fully saturated rings. The molecule has 5 aliphatic rings. The monoisotopic (exact) mass is 412 g/mol. The van der Waals surface area contributed by atoms with Crippen LogP contribution in [0.1, 0.15) is 105 Å². The summed E-state index contributed by atoms with van der Waals surface area (Å²) in [6.45, 7) is 12.8. The van der Waals surface area contributed by atoms with Gasteiger partial charge in [-0.25, -0.2) is 0 Å². The molecule has 0 amide bonds. The number of hydrogen-bond acceptors (Lipinski definition) is 1. The Morgan fingerprint density at radius 1 is 1.10 bits per heavy atom. The van der Waals surface area contributed by atoms with Gasteiger partial charge in [0.25, 0.3) is 0 Å². The first-order chi connectivity index (χ1) is 14.3. The minimum Gasteiger partial charge on any atom is -0.393 e. The standard InChI is InChI=1S/C29H48O/c1-6-20(24-16-18(24)2)15-19(3)25-9-10-26-23-8-7-21-17-22(30)11-13-28(21,4)27(23)12-14-29(25,26)5/h7,18-20,22-27,30H,6,8-17H2,1-5H3/t18?,19-,20-,22+,23+,24+,25-,26+,27+,28+,29-/m1/s1. The Kier molecular flexibility index (Phi) is 5.48. The van der Waals surface area contributed by atoms with Crippen LogP contribution in [-0.2, 0) is 0 Å². The van der Waals surface area contributed by atoms with Crippen LogP contribution in [-0.4, -0.2) is 11.2 Å². The summed E-state index contributed by atoms with van der Waals surface area (Å²) in [5.41, 5.74) is 2.60. The molecule has 1 nitrogen and oxygen atoms in total. The maximum atomic E-state index is 10.3. The van der Waals surface area contributed by atoms with Crippen LogP contribution < -0.4 is 0 Å². The highest BCUT2D eigenvalue weighted by molar-refractivity contribution is 5.25. The van der Waals surface area contributed by atoms with Crippen LogP contribution in [0.2, 0.25) is 0 Å². The van der Waals surface area contributed by atoms with Crippen molar-refractivity contribution in [1.82, 2.24) is 0 Å². The van der Waals surface area contributed by atoms with E-state index in [2.05, 4.69) is 40.7 Å². The molecule has 0 aromatic heterocycles. The van der Waals surface area contributed by atoms with Crippen LogP contribution in [0.25, 0.3) is 0 Å². The van der Waals surface area contributed by atoms with Gasteiger partial charge in [0.2, 0.25) is 0 Å². The van der Waals surface area contributed by atoms with Crippen molar-refractivity contribution in [2.24, 2.45) is 58.2 Å². The Morgan fingerprint density at radius 2 is 1.87 bits per heavy atom. The largest absolute Gasteiger partial charge is 0.393 e. The van der Waals surface area contributed by atoms with Crippen LogP contribution in [0.4, 0.5) is 0 Å². The van der Waals surface area contributed by atoms with Crippen LogP contribution in [0.15, 0.2) is 11.6 Å². The molecule has 0 spiro atoms. The number of allylic oxidation sites excluding steroid dienone is 1. The number of aliphatic hydroxyl groups is 1. The van der Waals surface area contributed by atoms with Gasteiger partial charge in [0, 0.05) is 0 Å². The van der Waals surface area contributed by atoms with Crippen molar-refractivity contribution < 1.29 is 5.11 Å². The molecule has 1 heteroatoms. The zero-order valence-electron chi connectivity index (χ0n) is 20.5. The van der Waals surface area contributed by atoms with Crippen molar-refractivity contribution in [2.45, 2.75) is 111 Å². The highest BCUT2D eigenvalue weighted by Gasteiger charge is 2.59. The van der Waals surface area contributed by atoms with E-state index in [0.29, 0.717) is 10.8 Å². The number of hydrogen-bond donors (Lipinski definition) is 1. The predicted octanol–water partition coefficient (Wildman–Crippen LogP) is 7.63. The fourth-order valence-electron chi connectivity index (χ4n) is 9.91. The third-order valence-electron chi connectivity index (χ3n) is 11.8. The lowest BCUT2D eigenvalue weighted by Crippen LogP contribution is -2.50. The molecule has 30 heavy (non-hydrogen) atoms. The zero-order valence-corrected chi connectivity index (χ0v) is 20.5. The molecular weight excluding hydrogens is 364 g/mol. The van der Waals surface area contributed by atoms with Crippen molar-refractivity contribution in [3.8, 4) is 0 Å². The lowest BCUT2D eigenvalue weighted by Gasteiger charge is -2.58. The molecule has 0 bridgehead atoms. The maximum absolute atomic E-state index is 10.3. The molecule has 1 N–H and O–H groups in total. The van der Waals surface area contributed by atoms with Gasteiger partial charge in [-0.3, -0.25) is 0 Å². The van der Waals surface area contributed by atoms with Crippen LogP contribution in [0.3, 0.4) is 0 Å². The highest BCUT2D eigenvalue weighted by Crippen LogP contribution is 2.67. The second-order valence-corrected chi connectivity index (χ2v) is 13.1. The second-order valence-electron chi connectivity index (χ2n) is 13.1. The van der Waals surface area contributed by atoms with E-state index in [1.165, 1.54) is 57.8 Å². The lowest BCUT2D eigenvalue weighted by molar-refractivity contribution is -0.0582. The average Bonchev–Trinajstić information content (AvgIpc) is 3.32. The van der Waals surface area contributed by atoms with Gasteiger partial charge in [-0.05, 0) is 122 Å². The summed E-state index contributed by atoms with van der Waals surface area (Å²) in [6.07, 6.45) is 17.3. The van der Waals surface area contributed by atoms with Gasteiger partial charge in [0.15, 0.2) is 0 Å². The van der Waals surface area contributed by atoms with E-state index in [0.717, 1.165) is 60.2 Å². The molecule has 1 unspecified atom stereocenters. The molecular formula is C29H48O. The third kappa shape index (κ3) is 3.27. The van der Waals surface area contributed by atoms with E-state index in [-0.39, 0.29) is 6.10 Å². The molecule has 5 rings (SSSR count). The Balaban J connectivity index is 1.33. The van der Waals surface area contributed by atoms with Crippen LogP contribution in [0, 0.1) is 58.2 Å². The molecule has 170 valence electrons. The number of fused-ring (bicyclic) bond motifs is 5. The summed E-state index contributed by atoms with van der Waals surface area (Å²) in [4.78, 5) is 0. The van der Waals surface area contributed by atoms with Gasteiger partial charge in [0.1, 0.15) is 0 Å². The van der Waals surface area contributed by atoms with Crippen molar-refractivity contribution in [3.05, 3.63) is 11.6 Å². The average molecular weight is 413 g/mol. The van der Waals surface area contributed by atoms with E-state index >= 15 is 0 Å². The van der Waals surface area contributed by atoms with Gasteiger partial charge in [-0.15, -0.1) is 0 Å². The molecule has 5 aliphatic carbocycles. The summed E-state index contributed by atoms with van der Waals surface area (Å²) in [6, 6.07) is 0. The smallest absolute Gasteiger partial charge is 0.0577 e. The van der Waals surface area contributed by atoms with E-state index in [4.69, 9.17) is 0 Å². The topological polar surface area (TPSA) is 20.2 Å². The van der Waals surface area contributed by atoms with E-state index < -0.39 is 0 Å². The minimum absolute atomic E-state index is 0.0767. The Labute approximate surface area is 186 Å². The van der Waals surface area contributed by atoms with Crippen molar-refractivity contribution in [1.29, 1.82) is 0 Å². The fraction of sp³-hybridized carbons (Fsp3) is 0.931. The van der Waals surface area contributed by atoms with Gasteiger partial charge < -0.3 is 5.11 Å². The molecule has 4 saturated carbocycles. The lowest BCUT2D eigenvalue weighted by atomic mass is 9.47. The van der Waals surface area contributed by atoms with E-state index in [9.17, 15) is 5.11 Å². The summed E-state index contributed by atoms with van der Waals surface area (Å²) in [5, 5.41) is 10.3. The maximum Gasteiger partial charge on any atom is 0.0577 e. The van der Waals surface area contributed by atoms with Gasteiger partial charge in [-0.1, -0.05) is 52.7 Å². The SMILES string of the molecule is CC[C@H](C[C@@H](C)[C@H]1CC[C@H]2[C@@H]3CC=C4C[C@@H](O)CC[C@]4(C)[C@H]3CC[C@]12C)[C@H]1CC1C. The van der Waals surface area contributed by atoms with Gasteiger partial charge in [-0.2, -0.15) is 0 Å². The number of rotatable bonds is 5. The quantitative estimate of drug-likeness (QED) is 0.460. The predicted molar refractivity (Wildman–Crippen MR) is 126 cm³/mol. The van der Waals surface area contributed by atoms with Crippen LogP contribution in [0.5, 0.6) is 0 Å². The molecule has 0 aliphatic heterocycles. The van der Waals surface area contributed by atoms with Crippen molar-refractivity contribution >= 4 is 0 Å². The Morgan fingerprint density at radius 3 is 2.57 bits per heavy atom. The third-order valence-corrected chi connectivity index (χ3v) is 11.8. The molecule has 0 radical (unpaired) electrons. The normalized spacial score (nSPS) is 51.9. The fourth-order valence-corrected chi connectivity index (χ4v) is 9.91. The molecule has 11 atom stereocenters. The second kappa shape index (κ2) is 7.64. The summed E-state index contributed by atoms with van der Waals surface area (Å²) in [5.74, 6) is 7.64. The molecule has 0 saturated heterocycles. The first-order valence-electron chi connectivity index (χ1n) is 13.7. The first kappa shape index (κ1) is 21.5. The van der Waals surface area contributed by atoms with Crippen LogP contribution >= 0.6 is 0 Å². The Bertz CT molecular complexity index is 680. The highest BCUT2D eigenvalue weighted by atomic mass is 16.3. The molecule has 0 aromatic carbocycles. The van der Waals surface area contributed by atoms with Crippen molar-refractivity contribution in [2.75, 3.05) is 0 Å². The van der Waals surface area contributed by atoms with E-state index in [1.54, 1.807) is 5.57 Å². The Hall–Kier alpha value is -0.300. The van der Waals surface area contributed by atoms with Gasteiger partial charge in [0.05, 0.1) is 6.10 Å². The summed E-state index contributed by atoms with van der Waals surface area (Å²) in [7, 11) is 0. The minimum atomic E-state index is -0.0767.